The van der Waals surface area contributed by atoms with Crippen molar-refractivity contribution in [3.8, 4) is 5.75 Å². The summed E-state index contributed by atoms with van der Waals surface area (Å²) in [5.41, 5.74) is -0.0470. The maximum Gasteiger partial charge on any atom is 0.358 e. The first-order valence-corrected chi connectivity index (χ1v) is 6.79. The normalized spacial score (nSPS) is 10.7. The molecule has 1 aromatic heterocycles. The van der Waals surface area contributed by atoms with Crippen molar-refractivity contribution in [2.75, 3.05) is 6.61 Å². The van der Waals surface area contributed by atoms with E-state index in [9.17, 15) is 4.79 Å². The van der Waals surface area contributed by atoms with Gasteiger partial charge in [-0.1, -0.05) is 40.0 Å². The summed E-state index contributed by atoms with van der Waals surface area (Å²) in [6.45, 7) is 6.49. The lowest BCUT2D eigenvalue weighted by Crippen LogP contribution is -2.10. The summed E-state index contributed by atoms with van der Waals surface area (Å²) >= 11 is 0. The smallest absolute Gasteiger partial charge is 0.358 e. The number of carboxylic acids is 1. The number of ether oxygens (including phenoxy) is 1. The Morgan fingerprint density at radius 2 is 2.11 bits per heavy atom. The second-order valence-electron chi connectivity index (χ2n) is 4.81. The van der Waals surface area contributed by atoms with Crippen molar-refractivity contribution in [2.45, 2.75) is 52.4 Å². The Morgan fingerprint density at radius 3 is 2.68 bits per heavy atom. The van der Waals surface area contributed by atoms with Crippen molar-refractivity contribution < 1.29 is 14.6 Å². The minimum Gasteiger partial charge on any atom is -0.489 e. The van der Waals surface area contributed by atoms with E-state index < -0.39 is 5.97 Å². The summed E-state index contributed by atoms with van der Waals surface area (Å²) in [5.74, 6) is -0.200. The Hall–Kier alpha value is -1.65. The highest BCUT2D eigenvalue weighted by Crippen LogP contribution is 2.19. The van der Waals surface area contributed by atoms with Crippen molar-refractivity contribution in [3.05, 3.63) is 17.7 Å². The molecule has 0 saturated heterocycles. The highest BCUT2D eigenvalue weighted by molar-refractivity contribution is 5.88. The lowest BCUT2D eigenvalue weighted by molar-refractivity contribution is 0.0684. The molecule has 0 aliphatic rings. The highest BCUT2D eigenvalue weighted by Gasteiger charge is 2.16. The molecule has 5 heteroatoms. The molecule has 0 radical (unpaired) electrons. The third kappa shape index (κ3) is 4.85. The number of rotatable bonds is 8. The first-order chi connectivity index (χ1) is 9.06. The van der Waals surface area contributed by atoms with Crippen LogP contribution < -0.4 is 4.74 Å². The number of aromatic nitrogens is 2. The molecule has 19 heavy (non-hydrogen) atoms. The molecule has 0 fully saturated rings. The predicted molar refractivity (Wildman–Crippen MR) is 72.7 cm³/mol. The van der Waals surface area contributed by atoms with Gasteiger partial charge in [0, 0.05) is 5.92 Å². The molecule has 0 spiro atoms. The van der Waals surface area contributed by atoms with Crippen LogP contribution in [0.1, 0.15) is 68.7 Å². The maximum atomic E-state index is 11.2. The molecular weight excluding hydrogens is 244 g/mol. The largest absolute Gasteiger partial charge is 0.489 e. The summed E-state index contributed by atoms with van der Waals surface area (Å²) in [6, 6.07) is 0. The number of hydrogen-bond donors (Lipinski definition) is 1. The van der Waals surface area contributed by atoms with Gasteiger partial charge < -0.3 is 9.84 Å². The molecule has 1 rings (SSSR count). The van der Waals surface area contributed by atoms with E-state index in [2.05, 4.69) is 16.9 Å². The quantitative estimate of drug-likeness (QED) is 0.731. The molecule has 0 aromatic carbocycles. The van der Waals surface area contributed by atoms with Gasteiger partial charge in [-0.3, -0.25) is 0 Å². The number of aromatic carboxylic acids is 1. The molecule has 0 aliphatic heterocycles. The molecule has 0 amide bonds. The van der Waals surface area contributed by atoms with Crippen LogP contribution in [0.4, 0.5) is 0 Å². The van der Waals surface area contributed by atoms with Crippen molar-refractivity contribution in [1.29, 1.82) is 0 Å². The van der Waals surface area contributed by atoms with Crippen LogP contribution in [0, 0.1) is 0 Å². The summed E-state index contributed by atoms with van der Waals surface area (Å²) in [6.07, 6.45) is 5.79. The molecule has 1 N–H and O–H groups in total. The predicted octanol–water partition coefficient (Wildman–Crippen LogP) is 3.26. The third-order valence-corrected chi connectivity index (χ3v) is 2.75. The van der Waals surface area contributed by atoms with E-state index in [0.717, 1.165) is 25.7 Å². The van der Waals surface area contributed by atoms with Gasteiger partial charge in [-0.05, 0) is 6.42 Å². The Morgan fingerprint density at radius 1 is 1.37 bits per heavy atom. The van der Waals surface area contributed by atoms with Gasteiger partial charge in [0.2, 0.25) is 0 Å². The minimum atomic E-state index is -1.08. The SMILES string of the molecule is CCCCCCOc1cnc(C(C)C)nc1C(=O)O. The molecule has 0 saturated carbocycles. The maximum absolute atomic E-state index is 11.2. The van der Waals surface area contributed by atoms with E-state index in [1.807, 2.05) is 13.8 Å². The van der Waals surface area contributed by atoms with Gasteiger partial charge in [0.1, 0.15) is 5.82 Å². The van der Waals surface area contributed by atoms with Gasteiger partial charge in [-0.2, -0.15) is 0 Å². The van der Waals surface area contributed by atoms with Crippen LogP contribution in [0.15, 0.2) is 6.20 Å². The molecular formula is C14H22N2O3. The Kier molecular flexibility index (Phi) is 6.25. The number of carbonyl (C=O) groups is 1. The van der Waals surface area contributed by atoms with E-state index >= 15 is 0 Å². The molecule has 0 atom stereocenters. The van der Waals surface area contributed by atoms with Crippen LogP contribution in [0.3, 0.4) is 0 Å². The average molecular weight is 266 g/mol. The van der Waals surface area contributed by atoms with Gasteiger partial charge in [-0.15, -0.1) is 0 Å². The Labute approximate surface area is 114 Å². The number of unbranched alkanes of at least 4 members (excludes halogenated alkanes) is 3. The second kappa shape index (κ2) is 7.71. The summed E-state index contributed by atoms with van der Waals surface area (Å²) in [5, 5.41) is 9.14. The van der Waals surface area contributed by atoms with E-state index in [1.165, 1.54) is 6.20 Å². The van der Waals surface area contributed by atoms with Crippen molar-refractivity contribution in [3.63, 3.8) is 0 Å². The molecule has 5 nitrogen and oxygen atoms in total. The van der Waals surface area contributed by atoms with Crippen LogP contribution in [-0.2, 0) is 0 Å². The van der Waals surface area contributed by atoms with E-state index in [0.29, 0.717) is 12.4 Å². The van der Waals surface area contributed by atoms with Crippen molar-refractivity contribution >= 4 is 5.97 Å². The van der Waals surface area contributed by atoms with Crippen LogP contribution in [-0.4, -0.2) is 27.7 Å². The van der Waals surface area contributed by atoms with Crippen LogP contribution in [0.25, 0.3) is 0 Å². The fourth-order valence-corrected chi connectivity index (χ4v) is 1.63. The summed E-state index contributed by atoms with van der Waals surface area (Å²) < 4.78 is 5.47. The number of nitrogens with zero attached hydrogens (tertiary/aromatic N) is 2. The van der Waals surface area contributed by atoms with E-state index in [4.69, 9.17) is 9.84 Å². The second-order valence-corrected chi connectivity index (χ2v) is 4.81. The van der Waals surface area contributed by atoms with Gasteiger partial charge in [0.05, 0.1) is 12.8 Å². The molecule has 1 aromatic rings. The minimum absolute atomic E-state index is 0.0470. The van der Waals surface area contributed by atoms with E-state index in [1.54, 1.807) is 0 Å². The molecule has 0 aliphatic carbocycles. The molecule has 106 valence electrons. The van der Waals surface area contributed by atoms with Gasteiger partial charge in [-0.25, -0.2) is 14.8 Å². The zero-order chi connectivity index (χ0) is 14.3. The lowest BCUT2D eigenvalue weighted by atomic mass is 10.2. The number of carboxylic acid groups (broad SMARTS) is 1. The fraction of sp³-hybridized carbons (Fsp3) is 0.643. The van der Waals surface area contributed by atoms with E-state index in [-0.39, 0.29) is 17.4 Å². The lowest BCUT2D eigenvalue weighted by Gasteiger charge is -2.10. The van der Waals surface area contributed by atoms with Gasteiger partial charge in [0.15, 0.2) is 11.4 Å². The van der Waals surface area contributed by atoms with Crippen molar-refractivity contribution in [1.82, 2.24) is 9.97 Å². The van der Waals surface area contributed by atoms with Crippen molar-refractivity contribution in [2.24, 2.45) is 0 Å². The summed E-state index contributed by atoms with van der Waals surface area (Å²) in [7, 11) is 0. The topological polar surface area (TPSA) is 72.3 Å². The Bertz CT molecular complexity index is 419. The Balaban J connectivity index is 2.69. The fourth-order valence-electron chi connectivity index (χ4n) is 1.63. The molecule has 1 heterocycles. The zero-order valence-electron chi connectivity index (χ0n) is 11.8. The van der Waals surface area contributed by atoms with Crippen LogP contribution in [0.2, 0.25) is 0 Å². The first kappa shape index (κ1) is 15.4. The molecule has 0 unspecified atom stereocenters. The standard InChI is InChI=1S/C14H22N2O3/c1-4-5-6-7-8-19-11-9-15-13(10(2)3)16-12(11)14(17)18/h9-10H,4-8H2,1-3H3,(H,17,18). The summed E-state index contributed by atoms with van der Waals surface area (Å²) in [4.78, 5) is 19.3. The number of hydrogen-bond acceptors (Lipinski definition) is 4. The van der Waals surface area contributed by atoms with Gasteiger partial charge >= 0.3 is 5.97 Å². The first-order valence-electron chi connectivity index (χ1n) is 6.79. The highest BCUT2D eigenvalue weighted by atomic mass is 16.5. The van der Waals surface area contributed by atoms with Gasteiger partial charge in [0.25, 0.3) is 0 Å². The monoisotopic (exact) mass is 266 g/mol. The third-order valence-electron chi connectivity index (χ3n) is 2.75. The average Bonchev–Trinajstić information content (AvgIpc) is 2.38. The van der Waals surface area contributed by atoms with Crippen LogP contribution >= 0.6 is 0 Å². The van der Waals surface area contributed by atoms with Crippen LogP contribution in [0.5, 0.6) is 5.75 Å². The molecule has 0 bridgehead atoms. The zero-order valence-corrected chi connectivity index (χ0v) is 11.8.